The molecule has 4 heteroatoms. The lowest BCUT2D eigenvalue weighted by atomic mass is 9.97. The molecule has 1 atom stereocenters. The minimum Gasteiger partial charge on any atom is -0.490 e. The number of aryl methyl sites for hydroxylation is 1. The lowest BCUT2D eigenvalue weighted by Gasteiger charge is -2.24. The molecular weight excluding hydrogens is 339 g/mol. The molecule has 1 fully saturated rings. The molecule has 1 N–H and O–H groups in total. The molecule has 1 aliphatic heterocycles. The molecule has 0 amide bonds. The normalized spacial score (nSPS) is 17.0. The molecular formula is C23H29FN2O. The van der Waals surface area contributed by atoms with Crippen LogP contribution in [0.25, 0.3) is 0 Å². The quantitative estimate of drug-likeness (QED) is 0.736. The van der Waals surface area contributed by atoms with Gasteiger partial charge in [-0.05, 0) is 82.1 Å². The summed E-state index contributed by atoms with van der Waals surface area (Å²) in [4.78, 5) is 4.88. The summed E-state index contributed by atoms with van der Waals surface area (Å²) < 4.78 is 20.0. The monoisotopic (exact) mass is 368 g/mol. The summed E-state index contributed by atoms with van der Waals surface area (Å²) in [6.45, 7) is 8.28. The smallest absolute Gasteiger partial charge is 0.123 e. The molecule has 0 radical (unpaired) electrons. The summed E-state index contributed by atoms with van der Waals surface area (Å²) in [6.07, 6.45) is 3.28. The number of piperidine rings is 1. The van der Waals surface area contributed by atoms with Crippen LogP contribution in [0.1, 0.15) is 49.8 Å². The van der Waals surface area contributed by atoms with E-state index in [0.29, 0.717) is 0 Å². The van der Waals surface area contributed by atoms with Gasteiger partial charge in [-0.3, -0.25) is 4.99 Å². The molecule has 0 spiro atoms. The number of ether oxygens (including phenoxy) is 1. The topological polar surface area (TPSA) is 33.6 Å². The van der Waals surface area contributed by atoms with Crippen molar-refractivity contribution in [3.63, 3.8) is 0 Å². The van der Waals surface area contributed by atoms with Crippen molar-refractivity contribution in [2.45, 2.75) is 52.2 Å². The van der Waals surface area contributed by atoms with E-state index >= 15 is 0 Å². The van der Waals surface area contributed by atoms with Gasteiger partial charge in [-0.1, -0.05) is 19.1 Å². The van der Waals surface area contributed by atoms with E-state index in [4.69, 9.17) is 9.73 Å². The minimum absolute atomic E-state index is 0.174. The molecule has 3 rings (SSSR count). The van der Waals surface area contributed by atoms with E-state index in [1.54, 1.807) is 12.1 Å². The second-order valence-corrected chi connectivity index (χ2v) is 7.29. The van der Waals surface area contributed by atoms with Crippen LogP contribution in [0.5, 0.6) is 5.75 Å². The first kappa shape index (κ1) is 19.6. The Morgan fingerprint density at radius 3 is 2.67 bits per heavy atom. The van der Waals surface area contributed by atoms with E-state index in [1.807, 2.05) is 12.1 Å². The highest BCUT2D eigenvalue weighted by atomic mass is 19.1. The molecule has 144 valence electrons. The highest BCUT2D eigenvalue weighted by molar-refractivity contribution is 6.13. The molecule has 2 aromatic rings. The summed E-state index contributed by atoms with van der Waals surface area (Å²) in [5.41, 5.74) is 3.77. The van der Waals surface area contributed by atoms with Crippen LogP contribution in [0.3, 0.4) is 0 Å². The van der Waals surface area contributed by atoms with Crippen molar-refractivity contribution >= 4 is 5.71 Å². The highest BCUT2D eigenvalue weighted by Crippen LogP contribution is 2.24. The van der Waals surface area contributed by atoms with E-state index < -0.39 is 0 Å². The molecule has 1 saturated heterocycles. The Bertz CT molecular complexity index is 797. The largest absolute Gasteiger partial charge is 0.490 e. The van der Waals surface area contributed by atoms with Crippen molar-refractivity contribution in [3.8, 4) is 5.75 Å². The Hall–Kier alpha value is -2.20. The van der Waals surface area contributed by atoms with Crippen LogP contribution in [-0.4, -0.2) is 30.9 Å². The Labute approximate surface area is 161 Å². The summed E-state index contributed by atoms with van der Waals surface area (Å²) in [5, 5.41) is 3.36. The molecule has 0 bridgehead atoms. The number of halogens is 1. The number of hydrogen-bond donors (Lipinski definition) is 1. The summed E-state index contributed by atoms with van der Waals surface area (Å²) in [6, 6.07) is 13.0. The van der Waals surface area contributed by atoms with E-state index in [0.717, 1.165) is 60.5 Å². The zero-order valence-electron chi connectivity index (χ0n) is 16.5. The van der Waals surface area contributed by atoms with Gasteiger partial charge in [0.15, 0.2) is 0 Å². The van der Waals surface area contributed by atoms with E-state index in [2.05, 4.69) is 38.2 Å². The predicted molar refractivity (Wildman–Crippen MR) is 109 cm³/mol. The zero-order valence-corrected chi connectivity index (χ0v) is 16.5. The Morgan fingerprint density at radius 1 is 1.22 bits per heavy atom. The van der Waals surface area contributed by atoms with Gasteiger partial charge in [-0.15, -0.1) is 0 Å². The van der Waals surface area contributed by atoms with Crippen molar-refractivity contribution in [2.24, 2.45) is 4.99 Å². The van der Waals surface area contributed by atoms with Crippen LogP contribution in [-0.2, 0) is 0 Å². The molecule has 0 saturated carbocycles. The fourth-order valence-electron chi connectivity index (χ4n) is 3.33. The Morgan fingerprint density at radius 2 is 2.00 bits per heavy atom. The summed E-state index contributed by atoms with van der Waals surface area (Å²) in [7, 11) is 0. The van der Waals surface area contributed by atoms with E-state index in [1.165, 1.54) is 6.07 Å². The fourth-order valence-corrected chi connectivity index (χ4v) is 3.33. The number of benzene rings is 2. The van der Waals surface area contributed by atoms with Gasteiger partial charge in [0.2, 0.25) is 0 Å². The molecule has 3 nitrogen and oxygen atoms in total. The van der Waals surface area contributed by atoms with Crippen LogP contribution in [0, 0.1) is 12.7 Å². The maximum absolute atomic E-state index is 13.8. The van der Waals surface area contributed by atoms with Crippen molar-refractivity contribution in [2.75, 3.05) is 13.1 Å². The molecule has 1 unspecified atom stereocenters. The highest BCUT2D eigenvalue weighted by Gasteiger charge is 2.16. The standard InChI is InChI=1S/C23H29FN2O/c1-4-17(3)26-23(18-6-5-7-19(24)15-18)22-9-8-21(14-16(22)2)27-20-10-12-25-13-11-20/h5-9,14-15,17,20,25H,4,10-13H2,1-3H3. The van der Waals surface area contributed by atoms with Crippen molar-refractivity contribution < 1.29 is 9.13 Å². The number of hydrogen-bond acceptors (Lipinski definition) is 3. The number of nitrogens with one attached hydrogen (secondary N) is 1. The minimum atomic E-state index is -0.243. The van der Waals surface area contributed by atoms with Gasteiger partial charge >= 0.3 is 0 Å². The Kier molecular flexibility index (Phi) is 6.62. The maximum atomic E-state index is 13.8. The van der Waals surface area contributed by atoms with E-state index in [-0.39, 0.29) is 18.0 Å². The molecule has 2 aromatic carbocycles. The number of rotatable bonds is 6. The zero-order chi connectivity index (χ0) is 19.2. The van der Waals surface area contributed by atoms with Crippen LogP contribution in [0.4, 0.5) is 4.39 Å². The van der Waals surface area contributed by atoms with Gasteiger partial charge in [0.05, 0.1) is 5.71 Å². The molecule has 1 heterocycles. The third-order valence-electron chi connectivity index (χ3n) is 5.08. The summed E-state index contributed by atoms with van der Waals surface area (Å²) >= 11 is 0. The number of aliphatic imine (C=N–C) groups is 1. The van der Waals surface area contributed by atoms with E-state index in [9.17, 15) is 4.39 Å². The first-order valence-corrected chi connectivity index (χ1v) is 9.89. The Balaban J connectivity index is 1.91. The van der Waals surface area contributed by atoms with Gasteiger partial charge in [0, 0.05) is 17.2 Å². The number of nitrogens with zero attached hydrogens (tertiary/aromatic N) is 1. The molecule has 0 aromatic heterocycles. The molecule has 0 aliphatic carbocycles. The van der Waals surface area contributed by atoms with Crippen molar-refractivity contribution in [3.05, 3.63) is 65.0 Å². The van der Waals surface area contributed by atoms with Gasteiger partial charge < -0.3 is 10.1 Å². The third-order valence-corrected chi connectivity index (χ3v) is 5.08. The van der Waals surface area contributed by atoms with Crippen LogP contribution in [0.15, 0.2) is 47.5 Å². The second kappa shape index (κ2) is 9.14. The average Bonchev–Trinajstić information content (AvgIpc) is 2.67. The SMILES string of the molecule is CCC(C)N=C(c1cccc(F)c1)c1ccc(OC2CCNCC2)cc1C. The van der Waals surface area contributed by atoms with Gasteiger partial charge in [-0.2, -0.15) is 0 Å². The maximum Gasteiger partial charge on any atom is 0.123 e. The lowest BCUT2D eigenvalue weighted by molar-refractivity contribution is 0.162. The predicted octanol–water partition coefficient (Wildman–Crippen LogP) is 4.90. The lowest BCUT2D eigenvalue weighted by Crippen LogP contribution is -2.34. The fraction of sp³-hybridized carbons (Fsp3) is 0.435. The van der Waals surface area contributed by atoms with Crippen LogP contribution in [0.2, 0.25) is 0 Å². The molecule has 27 heavy (non-hydrogen) atoms. The van der Waals surface area contributed by atoms with Crippen molar-refractivity contribution in [1.82, 2.24) is 5.32 Å². The average molecular weight is 368 g/mol. The molecule has 1 aliphatic rings. The van der Waals surface area contributed by atoms with Gasteiger partial charge in [0.25, 0.3) is 0 Å². The van der Waals surface area contributed by atoms with Crippen LogP contribution < -0.4 is 10.1 Å². The van der Waals surface area contributed by atoms with Crippen molar-refractivity contribution in [1.29, 1.82) is 0 Å². The second-order valence-electron chi connectivity index (χ2n) is 7.29. The van der Waals surface area contributed by atoms with Gasteiger partial charge in [0.1, 0.15) is 17.7 Å². The third kappa shape index (κ3) is 5.16. The first-order chi connectivity index (χ1) is 13.1. The van der Waals surface area contributed by atoms with Crippen LogP contribution >= 0.6 is 0 Å². The van der Waals surface area contributed by atoms with Gasteiger partial charge in [-0.25, -0.2) is 4.39 Å². The summed E-state index contributed by atoms with van der Waals surface area (Å²) in [5.74, 6) is 0.651. The first-order valence-electron chi connectivity index (χ1n) is 9.89.